The quantitative estimate of drug-likeness (QED) is 0.783. The Bertz CT molecular complexity index is 761. The molecule has 0 spiro atoms. The topological polar surface area (TPSA) is 79.7 Å². The maximum Gasteiger partial charge on any atom is 0.225 e. The Labute approximate surface area is 143 Å². The van der Waals surface area contributed by atoms with E-state index in [4.69, 9.17) is 0 Å². The Morgan fingerprint density at radius 2 is 1.96 bits per heavy atom. The van der Waals surface area contributed by atoms with Crippen molar-refractivity contribution in [3.63, 3.8) is 0 Å². The van der Waals surface area contributed by atoms with Crippen LogP contribution in [-0.4, -0.2) is 38.0 Å². The Kier molecular flexibility index (Phi) is 4.28. The van der Waals surface area contributed by atoms with Crippen molar-refractivity contribution in [2.45, 2.75) is 18.8 Å². The van der Waals surface area contributed by atoms with Crippen molar-refractivity contribution < 1.29 is 0 Å². The van der Waals surface area contributed by atoms with Crippen molar-refractivity contribution in [1.82, 2.24) is 24.9 Å². The maximum atomic E-state index is 4.60. The third-order valence-corrected chi connectivity index (χ3v) is 4.70. The van der Waals surface area contributed by atoms with Gasteiger partial charge in [0.2, 0.25) is 5.95 Å². The van der Waals surface area contributed by atoms with Gasteiger partial charge in [0.15, 0.2) is 10.9 Å². The first-order valence-corrected chi connectivity index (χ1v) is 8.77. The molecule has 0 amide bonds. The lowest BCUT2D eigenvalue weighted by Gasteiger charge is -2.32. The van der Waals surface area contributed by atoms with E-state index < -0.39 is 0 Å². The second-order valence-corrected chi connectivity index (χ2v) is 6.52. The summed E-state index contributed by atoms with van der Waals surface area (Å²) in [5.74, 6) is 1.86. The van der Waals surface area contributed by atoms with E-state index >= 15 is 0 Å². The number of piperidine rings is 1. The van der Waals surface area contributed by atoms with Crippen molar-refractivity contribution in [2.75, 3.05) is 23.3 Å². The van der Waals surface area contributed by atoms with Gasteiger partial charge in [0, 0.05) is 43.0 Å². The Morgan fingerprint density at radius 1 is 1.04 bits per heavy atom. The molecule has 1 aliphatic heterocycles. The second kappa shape index (κ2) is 6.88. The van der Waals surface area contributed by atoms with E-state index in [1.807, 2.05) is 17.6 Å². The normalized spacial score (nSPS) is 17.7. The van der Waals surface area contributed by atoms with Crippen LogP contribution in [0.4, 0.5) is 16.9 Å². The molecule has 1 N–H and O–H groups in total. The van der Waals surface area contributed by atoms with Gasteiger partial charge in [-0.05, 0) is 18.9 Å². The summed E-state index contributed by atoms with van der Waals surface area (Å²) in [6, 6.07) is 1.84. The molecule has 0 aliphatic carbocycles. The second-order valence-electron chi connectivity index (χ2n) is 5.62. The minimum absolute atomic E-state index is 0.351. The van der Waals surface area contributed by atoms with Gasteiger partial charge in [-0.25, -0.2) is 19.9 Å². The molecule has 1 aliphatic rings. The summed E-state index contributed by atoms with van der Waals surface area (Å²) in [5, 5.41) is 5.90. The van der Waals surface area contributed by atoms with Crippen LogP contribution in [0.5, 0.6) is 0 Å². The molecule has 122 valence electrons. The summed E-state index contributed by atoms with van der Waals surface area (Å²) in [6.07, 6.45) is 11.2. The first kappa shape index (κ1) is 14.9. The minimum atomic E-state index is 0.351. The SMILES string of the molecule is c1cnc(N2CCCC(c3cnc(Nc4nccs4)cn3)C2)nc1. The lowest BCUT2D eigenvalue weighted by atomic mass is 9.95. The van der Waals surface area contributed by atoms with Gasteiger partial charge in [-0.3, -0.25) is 4.98 Å². The van der Waals surface area contributed by atoms with Crippen molar-refractivity contribution in [3.05, 3.63) is 48.1 Å². The van der Waals surface area contributed by atoms with Gasteiger partial charge in [0.05, 0.1) is 18.1 Å². The van der Waals surface area contributed by atoms with Crippen LogP contribution in [0.1, 0.15) is 24.5 Å². The third kappa shape index (κ3) is 3.33. The van der Waals surface area contributed by atoms with Crippen LogP contribution in [0.15, 0.2) is 42.4 Å². The van der Waals surface area contributed by atoms with Crippen molar-refractivity contribution in [1.29, 1.82) is 0 Å². The highest BCUT2D eigenvalue weighted by Crippen LogP contribution is 2.27. The molecule has 24 heavy (non-hydrogen) atoms. The average Bonchev–Trinajstić information content (AvgIpc) is 3.16. The number of nitrogens with zero attached hydrogens (tertiary/aromatic N) is 6. The van der Waals surface area contributed by atoms with Gasteiger partial charge in [-0.2, -0.15) is 0 Å². The summed E-state index contributed by atoms with van der Waals surface area (Å²) in [6.45, 7) is 1.86. The molecule has 8 heteroatoms. The maximum absolute atomic E-state index is 4.60. The highest BCUT2D eigenvalue weighted by molar-refractivity contribution is 7.13. The van der Waals surface area contributed by atoms with E-state index in [1.54, 1.807) is 24.8 Å². The standard InChI is InChI=1S/C16H17N7S/c1-3-12(11-23(7-1)15-17-4-2-5-18-15)13-9-21-14(10-20-13)22-16-19-6-8-24-16/h2,4-6,8-10,12H,1,3,7,11H2,(H,19,21,22). The Balaban J connectivity index is 1.45. The molecule has 4 rings (SSSR count). The van der Waals surface area contributed by atoms with Crippen LogP contribution < -0.4 is 10.2 Å². The molecule has 0 radical (unpaired) electrons. The number of rotatable bonds is 4. The number of nitrogens with one attached hydrogen (secondary N) is 1. The van der Waals surface area contributed by atoms with E-state index in [0.29, 0.717) is 11.7 Å². The summed E-state index contributed by atoms with van der Waals surface area (Å²) in [7, 11) is 0. The zero-order valence-electron chi connectivity index (χ0n) is 13.0. The van der Waals surface area contributed by atoms with Gasteiger partial charge < -0.3 is 10.2 Å². The average molecular weight is 339 g/mol. The fraction of sp³-hybridized carbons (Fsp3) is 0.312. The molecule has 1 fully saturated rings. The summed E-state index contributed by atoms with van der Waals surface area (Å²) < 4.78 is 0. The minimum Gasteiger partial charge on any atom is -0.340 e. The first-order chi connectivity index (χ1) is 11.9. The molecule has 1 atom stereocenters. The van der Waals surface area contributed by atoms with Crippen LogP contribution in [-0.2, 0) is 0 Å². The molecule has 7 nitrogen and oxygen atoms in total. The van der Waals surface area contributed by atoms with Crippen molar-refractivity contribution in [3.8, 4) is 0 Å². The number of thiazole rings is 1. The predicted molar refractivity (Wildman–Crippen MR) is 93.6 cm³/mol. The Morgan fingerprint density at radius 3 is 2.71 bits per heavy atom. The predicted octanol–water partition coefficient (Wildman–Crippen LogP) is 2.85. The fourth-order valence-corrected chi connectivity index (χ4v) is 3.40. The molecule has 0 aromatic carbocycles. The van der Waals surface area contributed by atoms with Crippen molar-refractivity contribution >= 4 is 28.2 Å². The van der Waals surface area contributed by atoms with Gasteiger partial charge in [0.25, 0.3) is 0 Å². The molecule has 3 aromatic rings. The van der Waals surface area contributed by atoms with Crippen LogP contribution in [0, 0.1) is 0 Å². The summed E-state index contributed by atoms with van der Waals surface area (Å²) >= 11 is 1.54. The molecule has 0 bridgehead atoms. The van der Waals surface area contributed by atoms with E-state index in [-0.39, 0.29) is 0 Å². The molecule has 0 saturated carbocycles. The van der Waals surface area contributed by atoms with Crippen LogP contribution in [0.25, 0.3) is 0 Å². The largest absolute Gasteiger partial charge is 0.340 e. The molecule has 3 aromatic heterocycles. The first-order valence-electron chi connectivity index (χ1n) is 7.89. The Hall–Kier alpha value is -2.61. The van der Waals surface area contributed by atoms with E-state index in [0.717, 1.165) is 42.7 Å². The molecule has 4 heterocycles. The lowest BCUT2D eigenvalue weighted by Crippen LogP contribution is -2.35. The monoisotopic (exact) mass is 339 g/mol. The molecular formula is C16H17N7S. The number of aromatic nitrogens is 5. The van der Waals surface area contributed by atoms with Crippen LogP contribution >= 0.6 is 11.3 Å². The van der Waals surface area contributed by atoms with Crippen LogP contribution in [0.3, 0.4) is 0 Å². The van der Waals surface area contributed by atoms with E-state index in [1.165, 1.54) is 11.3 Å². The number of hydrogen-bond acceptors (Lipinski definition) is 8. The highest BCUT2D eigenvalue weighted by Gasteiger charge is 2.24. The van der Waals surface area contributed by atoms with Gasteiger partial charge >= 0.3 is 0 Å². The van der Waals surface area contributed by atoms with Crippen LogP contribution in [0.2, 0.25) is 0 Å². The van der Waals surface area contributed by atoms with Crippen molar-refractivity contribution in [2.24, 2.45) is 0 Å². The lowest BCUT2D eigenvalue weighted by molar-refractivity contribution is 0.494. The summed E-state index contributed by atoms with van der Waals surface area (Å²) in [4.78, 5) is 24.2. The van der Waals surface area contributed by atoms with E-state index in [2.05, 4.69) is 35.1 Å². The van der Waals surface area contributed by atoms with Gasteiger partial charge in [-0.15, -0.1) is 11.3 Å². The molecule has 1 unspecified atom stereocenters. The molecular weight excluding hydrogens is 322 g/mol. The number of anilines is 3. The highest BCUT2D eigenvalue weighted by atomic mass is 32.1. The number of hydrogen-bond donors (Lipinski definition) is 1. The summed E-state index contributed by atoms with van der Waals surface area (Å²) in [5.41, 5.74) is 1.01. The smallest absolute Gasteiger partial charge is 0.225 e. The fourth-order valence-electron chi connectivity index (χ4n) is 2.86. The van der Waals surface area contributed by atoms with Gasteiger partial charge in [0.1, 0.15) is 0 Å². The zero-order valence-corrected chi connectivity index (χ0v) is 13.9. The zero-order chi connectivity index (χ0) is 16.2. The van der Waals surface area contributed by atoms with Gasteiger partial charge in [-0.1, -0.05) is 0 Å². The van der Waals surface area contributed by atoms with E-state index in [9.17, 15) is 0 Å². The third-order valence-electron chi connectivity index (χ3n) is 4.01. The molecule has 1 saturated heterocycles.